The summed E-state index contributed by atoms with van der Waals surface area (Å²) in [6.45, 7) is 7.06. The Balaban J connectivity index is 1.64. The third-order valence-corrected chi connectivity index (χ3v) is 7.04. The Morgan fingerprint density at radius 1 is 0.977 bits per heavy atom. The highest BCUT2D eigenvalue weighted by Crippen LogP contribution is 2.38. The Bertz CT molecular complexity index is 1590. The second-order valence-electron chi connectivity index (χ2n) is 10.1. The van der Waals surface area contributed by atoms with Crippen LogP contribution in [-0.2, 0) is 35.4 Å². The normalized spacial score (nSPS) is 11.6. The maximum atomic E-state index is 12.8. The van der Waals surface area contributed by atoms with E-state index in [1.807, 2.05) is 51.1 Å². The van der Waals surface area contributed by atoms with E-state index in [4.69, 9.17) is 20.9 Å². The molecule has 0 saturated heterocycles. The zero-order valence-corrected chi connectivity index (χ0v) is 24.8. The van der Waals surface area contributed by atoms with Crippen LogP contribution in [0.2, 0.25) is 0 Å². The quantitative estimate of drug-likeness (QED) is 0.147. The van der Waals surface area contributed by atoms with E-state index in [-0.39, 0.29) is 24.6 Å². The molecule has 0 fully saturated rings. The first kappa shape index (κ1) is 31.1. The van der Waals surface area contributed by atoms with Gasteiger partial charge < -0.3 is 36.7 Å². The number of nitrogens with two attached hydrogens (primary N) is 2. The van der Waals surface area contributed by atoms with E-state index < -0.39 is 11.9 Å². The van der Waals surface area contributed by atoms with Crippen molar-refractivity contribution < 1.29 is 24.2 Å². The molecule has 226 valence electrons. The zero-order chi connectivity index (χ0) is 30.9. The minimum atomic E-state index is -0.739. The van der Waals surface area contributed by atoms with Crippen LogP contribution in [0, 0.1) is 0 Å². The van der Waals surface area contributed by atoms with Crippen LogP contribution in [0.1, 0.15) is 43.0 Å². The minimum absolute atomic E-state index is 0.00141. The summed E-state index contributed by atoms with van der Waals surface area (Å²) in [7, 11) is 0. The van der Waals surface area contributed by atoms with Crippen molar-refractivity contribution in [2.24, 2.45) is 11.5 Å². The summed E-state index contributed by atoms with van der Waals surface area (Å²) in [6.07, 6.45) is 2.68. The number of nitrogens with zero attached hydrogens (tertiary/aromatic N) is 1. The number of hydrogen-bond donors (Lipinski definition) is 5. The van der Waals surface area contributed by atoms with Gasteiger partial charge in [-0.15, -0.1) is 0 Å². The van der Waals surface area contributed by atoms with Crippen LogP contribution in [0.25, 0.3) is 10.9 Å². The average Bonchev–Trinajstić information content (AvgIpc) is 2.98. The average molecular weight is 586 g/mol. The number of ether oxygens (including phenoxy) is 2. The van der Waals surface area contributed by atoms with Gasteiger partial charge in [-0.2, -0.15) is 0 Å². The number of benzene rings is 3. The smallest absolute Gasteiger partial charge is 0.237 e. The molecule has 1 atom stereocenters. The van der Waals surface area contributed by atoms with E-state index in [1.165, 1.54) is 0 Å². The van der Waals surface area contributed by atoms with Crippen LogP contribution in [0.4, 0.5) is 11.4 Å². The Morgan fingerprint density at radius 2 is 1.67 bits per heavy atom. The van der Waals surface area contributed by atoms with Gasteiger partial charge in [-0.25, -0.2) is 0 Å². The summed E-state index contributed by atoms with van der Waals surface area (Å²) in [6, 6.07) is 15.4. The van der Waals surface area contributed by atoms with Crippen LogP contribution in [0.5, 0.6) is 17.2 Å². The van der Waals surface area contributed by atoms with E-state index in [1.54, 1.807) is 30.5 Å². The number of nitrogens with one attached hydrogen (secondary N) is 2. The number of rotatable bonds is 14. The lowest BCUT2D eigenvalue weighted by atomic mass is 10.0. The molecule has 2 amide bonds. The van der Waals surface area contributed by atoms with E-state index in [9.17, 15) is 14.7 Å². The maximum absolute atomic E-state index is 12.8. The number of hydrogen-bond acceptors (Lipinski definition) is 8. The molecule has 1 heterocycles. The Morgan fingerprint density at radius 3 is 2.33 bits per heavy atom. The van der Waals surface area contributed by atoms with Gasteiger partial charge in [0.05, 0.1) is 36.9 Å². The Kier molecular flexibility index (Phi) is 10.4. The molecule has 0 unspecified atom stereocenters. The summed E-state index contributed by atoms with van der Waals surface area (Å²) in [5.41, 5.74) is 17.4. The number of fused-ring (bicyclic) bond motifs is 1. The summed E-state index contributed by atoms with van der Waals surface area (Å²) >= 11 is 0. The van der Waals surface area contributed by atoms with E-state index in [0.29, 0.717) is 54.3 Å². The predicted octanol–water partition coefficient (Wildman–Crippen LogP) is 4.26. The van der Waals surface area contributed by atoms with E-state index in [2.05, 4.69) is 15.6 Å². The summed E-state index contributed by atoms with van der Waals surface area (Å²) in [5.74, 6) is 0.582. The highest BCUT2D eigenvalue weighted by Gasteiger charge is 2.19. The number of phenols is 1. The maximum Gasteiger partial charge on any atom is 0.237 e. The van der Waals surface area contributed by atoms with Crippen molar-refractivity contribution in [1.29, 1.82) is 0 Å². The first-order chi connectivity index (χ1) is 20.7. The Labute approximate surface area is 251 Å². The van der Waals surface area contributed by atoms with Gasteiger partial charge in [0.25, 0.3) is 0 Å². The fourth-order valence-corrected chi connectivity index (χ4v) is 5.01. The van der Waals surface area contributed by atoms with Crippen molar-refractivity contribution in [3.8, 4) is 17.2 Å². The highest BCUT2D eigenvalue weighted by atomic mass is 16.5. The van der Waals surface area contributed by atoms with Gasteiger partial charge in [0.15, 0.2) is 11.5 Å². The van der Waals surface area contributed by atoms with Crippen LogP contribution >= 0.6 is 0 Å². The minimum Gasteiger partial charge on any atom is -0.508 e. The van der Waals surface area contributed by atoms with Crippen molar-refractivity contribution in [3.05, 3.63) is 83.0 Å². The van der Waals surface area contributed by atoms with Gasteiger partial charge in [0.1, 0.15) is 5.75 Å². The number of aromatic hydroxyl groups is 1. The molecular weight excluding hydrogens is 546 g/mol. The van der Waals surface area contributed by atoms with Gasteiger partial charge in [-0.05, 0) is 67.6 Å². The highest BCUT2D eigenvalue weighted by molar-refractivity contribution is 5.98. The van der Waals surface area contributed by atoms with Crippen molar-refractivity contribution in [2.45, 2.75) is 52.6 Å². The number of primary amides is 1. The first-order valence-electron chi connectivity index (χ1n) is 14.4. The monoisotopic (exact) mass is 585 g/mol. The predicted molar refractivity (Wildman–Crippen MR) is 168 cm³/mol. The van der Waals surface area contributed by atoms with E-state index >= 15 is 0 Å². The van der Waals surface area contributed by atoms with Gasteiger partial charge >= 0.3 is 0 Å². The summed E-state index contributed by atoms with van der Waals surface area (Å²) in [5, 5.41) is 16.8. The molecule has 1 aromatic heterocycles. The molecule has 0 aliphatic carbocycles. The molecule has 0 spiro atoms. The summed E-state index contributed by atoms with van der Waals surface area (Å²) < 4.78 is 11.7. The third-order valence-electron chi connectivity index (χ3n) is 7.04. The second-order valence-corrected chi connectivity index (χ2v) is 10.1. The van der Waals surface area contributed by atoms with Gasteiger partial charge in [0.2, 0.25) is 11.8 Å². The SMILES string of the molecule is CCOc1cc2ncc(CC(N)=O)c(Nc3cccc(CNC(=O)[C@@H](N)Cc4ccc(O)cc4)c3CC)c2cc1OCC. The Hall–Kier alpha value is -4.83. The molecule has 4 aromatic rings. The molecule has 3 aromatic carbocycles. The number of amides is 2. The molecule has 0 aliphatic heterocycles. The fraction of sp³-hybridized carbons (Fsp3) is 0.303. The lowest BCUT2D eigenvalue weighted by Gasteiger charge is -2.20. The van der Waals surface area contributed by atoms with Crippen LogP contribution in [0.3, 0.4) is 0 Å². The van der Waals surface area contributed by atoms with E-state index in [0.717, 1.165) is 27.8 Å². The number of phenolic OH excluding ortho intramolecular Hbond substituents is 1. The van der Waals surface area contributed by atoms with Crippen LogP contribution < -0.4 is 31.6 Å². The van der Waals surface area contributed by atoms with Crippen molar-refractivity contribution in [3.63, 3.8) is 0 Å². The van der Waals surface area contributed by atoms with Crippen molar-refractivity contribution in [1.82, 2.24) is 10.3 Å². The van der Waals surface area contributed by atoms with Gasteiger partial charge in [-0.1, -0.05) is 31.2 Å². The van der Waals surface area contributed by atoms with Crippen LogP contribution in [-0.4, -0.2) is 41.2 Å². The topological polar surface area (TPSA) is 162 Å². The number of anilines is 2. The first-order valence-corrected chi connectivity index (χ1v) is 14.4. The number of aromatic nitrogens is 1. The molecule has 10 heteroatoms. The second kappa shape index (κ2) is 14.4. The van der Waals surface area contributed by atoms with Crippen molar-refractivity contribution in [2.75, 3.05) is 18.5 Å². The fourth-order valence-electron chi connectivity index (χ4n) is 5.01. The molecule has 0 radical (unpaired) electrons. The standard InChI is InChI=1S/C33H39N5O5/c1-4-24-21(18-37-33(41)26(34)14-20-10-12-23(39)13-11-20)8-7-9-27(24)38-32-22(15-31(35)40)19-36-28-17-30(43-6-3)29(42-5-2)16-25(28)32/h7-13,16-17,19,26,39H,4-6,14-15,18,34H2,1-3H3,(H2,35,40)(H,36,38)(H,37,41)/t26-/m0/s1. The molecule has 0 saturated carbocycles. The van der Waals surface area contributed by atoms with Crippen molar-refractivity contribution >= 4 is 34.1 Å². The molecule has 4 rings (SSSR count). The molecule has 10 nitrogen and oxygen atoms in total. The number of carbonyl (C=O) groups is 2. The molecule has 43 heavy (non-hydrogen) atoms. The summed E-state index contributed by atoms with van der Waals surface area (Å²) in [4.78, 5) is 29.4. The third kappa shape index (κ3) is 7.72. The largest absolute Gasteiger partial charge is 0.508 e. The van der Waals surface area contributed by atoms with Crippen LogP contribution in [0.15, 0.2) is 60.8 Å². The lowest BCUT2D eigenvalue weighted by Crippen LogP contribution is -2.41. The molecule has 0 aliphatic rings. The molecular formula is C33H39N5O5. The van der Waals surface area contributed by atoms with Gasteiger partial charge in [-0.3, -0.25) is 14.6 Å². The molecule has 0 bridgehead atoms. The number of pyridine rings is 1. The number of carbonyl (C=O) groups excluding carboxylic acids is 2. The molecule has 7 N–H and O–H groups in total. The lowest BCUT2D eigenvalue weighted by molar-refractivity contribution is -0.122. The zero-order valence-electron chi connectivity index (χ0n) is 24.8. The van der Waals surface area contributed by atoms with Gasteiger partial charge in [0, 0.05) is 35.4 Å².